The minimum atomic E-state index is -1.22. The molecule has 0 saturated carbocycles. The lowest BCUT2D eigenvalue weighted by Gasteiger charge is -2.28. The highest BCUT2D eigenvalue weighted by Crippen LogP contribution is 2.38. The van der Waals surface area contributed by atoms with Gasteiger partial charge < -0.3 is 31.1 Å². The Morgan fingerprint density at radius 3 is 2.61 bits per heavy atom. The first-order chi connectivity index (χ1) is 18.0. The van der Waals surface area contributed by atoms with Gasteiger partial charge in [-0.3, -0.25) is 24.7 Å². The van der Waals surface area contributed by atoms with E-state index in [0.717, 1.165) is 5.56 Å². The van der Waals surface area contributed by atoms with E-state index in [4.69, 9.17) is 10.5 Å². The molecule has 2 aliphatic rings. The Labute approximate surface area is 220 Å². The zero-order valence-electron chi connectivity index (χ0n) is 21.4. The quantitative estimate of drug-likeness (QED) is 0.161. The average Bonchev–Trinajstić information content (AvgIpc) is 3.36. The van der Waals surface area contributed by atoms with Gasteiger partial charge >= 0.3 is 12.1 Å². The molecule has 2 saturated heterocycles. The number of nitrogens with zero attached hydrogens (tertiary/aromatic N) is 2. The molecule has 1 aromatic carbocycles. The monoisotopic (exact) mass is 530 g/mol. The van der Waals surface area contributed by atoms with E-state index in [1.54, 1.807) is 19.1 Å². The maximum atomic E-state index is 13.0. The first-order valence-electron chi connectivity index (χ1n) is 12.4. The Balaban J connectivity index is 1.45. The second-order valence-electron chi connectivity index (χ2n) is 9.67. The fourth-order valence-electron chi connectivity index (χ4n) is 4.91. The maximum absolute atomic E-state index is 13.0. The number of fused-ring (bicyclic) bond motifs is 1. The SMILES string of the molecule is CC(=O)NC1(C)CC2CCC(C(=O)N[C@@H](CCCN=C(N)NC(=O)OCc3ccccc3)C(=O)O)N2C1=O. The molecule has 2 heterocycles. The minimum absolute atomic E-state index is 0.0595. The number of nitrogens with two attached hydrogens (primary N) is 1. The summed E-state index contributed by atoms with van der Waals surface area (Å²) >= 11 is 0. The lowest BCUT2D eigenvalue weighted by Crippen LogP contribution is -2.55. The fourth-order valence-corrected chi connectivity index (χ4v) is 4.91. The molecule has 2 aliphatic heterocycles. The molecule has 0 aromatic heterocycles. The Hall–Kier alpha value is -4.16. The molecule has 0 aliphatic carbocycles. The molecular weight excluding hydrogens is 496 g/mol. The van der Waals surface area contributed by atoms with Crippen LogP contribution in [0.1, 0.15) is 51.5 Å². The number of alkyl carbamates (subject to hydrolysis) is 1. The predicted molar refractivity (Wildman–Crippen MR) is 136 cm³/mol. The van der Waals surface area contributed by atoms with Crippen LogP contribution in [0.25, 0.3) is 0 Å². The first kappa shape index (κ1) is 28.4. The van der Waals surface area contributed by atoms with Crippen LogP contribution in [-0.2, 0) is 30.5 Å². The van der Waals surface area contributed by atoms with E-state index in [0.29, 0.717) is 19.3 Å². The lowest BCUT2D eigenvalue weighted by molar-refractivity contribution is -0.145. The van der Waals surface area contributed by atoms with Gasteiger partial charge in [0.1, 0.15) is 24.2 Å². The van der Waals surface area contributed by atoms with Crippen molar-refractivity contribution in [3.05, 3.63) is 35.9 Å². The van der Waals surface area contributed by atoms with Crippen molar-refractivity contribution in [2.75, 3.05) is 6.54 Å². The van der Waals surface area contributed by atoms with Crippen LogP contribution in [0.5, 0.6) is 0 Å². The third kappa shape index (κ3) is 7.20. The molecule has 0 spiro atoms. The highest BCUT2D eigenvalue weighted by atomic mass is 16.5. The number of benzene rings is 1. The predicted octanol–water partition coefficient (Wildman–Crippen LogP) is 0.235. The van der Waals surface area contributed by atoms with Gasteiger partial charge in [-0.25, -0.2) is 9.59 Å². The van der Waals surface area contributed by atoms with Gasteiger partial charge in [-0.05, 0) is 44.6 Å². The number of carboxylic acid groups (broad SMARTS) is 1. The minimum Gasteiger partial charge on any atom is -0.480 e. The summed E-state index contributed by atoms with van der Waals surface area (Å²) in [5.74, 6) is -2.63. The van der Waals surface area contributed by atoms with E-state index in [2.05, 4.69) is 20.9 Å². The van der Waals surface area contributed by atoms with Gasteiger partial charge in [0.15, 0.2) is 5.96 Å². The highest BCUT2D eigenvalue weighted by Gasteiger charge is 2.55. The van der Waals surface area contributed by atoms with Gasteiger partial charge in [0, 0.05) is 19.5 Å². The molecule has 6 N–H and O–H groups in total. The summed E-state index contributed by atoms with van der Waals surface area (Å²) < 4.78 is 5.05. The number of carbonyl (C=O) groups excluding carboxylic acids is 4. The van der Waals surface area contributed by atoms with Gasteiger partial charge in [-0.15, -0.1) is 0 Å². The molecule has 2 fully saturated rings. The number of carboxylic acids is 1. The second-order valence-corrected chi connectivity index (χ2v) is 9.67. The van der Waals surface area contributed by atoms with Crippen LogP contribution in [0.15, 0.2) is 35.3 Å². The number of aliphatic carboxylic acids is 1. The van der Waals surface area contributed by atoms with Crippen molar-refractivity contribution in [1.29, 1.82) is 0 Å². The van der Waals surface area contributed by atoms with Crippen LogP contribution in [0.2, 0.25) is 0 Å². The number of carbonyl (C=O) groups is 5. The lowest BCUT2D eigenvalue weighted by atomic mass is 9.95. The third-order valence-corrected chi connectivity index (χ3v) is 6.60. The number of guanidine groups is 1. The summed E-state index contributed by atoms with van der Waals surface area (Å²) in [6.45, 7) is 3.13. The normalized spacial score (nSPS) is 23.4. The third-order valence-electron chi connectivity index (χ3n) is 6.60. The molecule has 4 atom stereocenters. The standard InChI is InChI=1S/C25H34N6O7/c1-15(32)30-25(2)13-17-10-11-19(31(17)22(25)36)20(33)28-18(21(34)35)9-6-12-27-23(26)29-24(37)38-14-16-7-4-3-5-8-16/h3-5,7-8,17-19H,6,9-14H2,1-2H3,(H,28,33)(H,30,32)(H,34,35)(H3,26,27,29,37)/t17?,18-,19?,25?/m0/s1. The topological polar surface area (TPSA) is 193 Å². The highest BCUT2D eigenvalue weighted by molar-refractivity contribution is 5.97. The summed E-state index contributed by atoms with van der Waals surface area (Å²) in [5.41, 5.74) is 5.41. The van der Waals surface area contributed by atoms with Crippen LogP contribution >= 0.6 is 0 Å². The number of hydrogen-bond acceptors (Lipinski definition) is 7. The molecule has 38 heavy (non-hydrogen) atoms. The molecule has 13 heteroatoms. The number of ether oxygens (including phenoxy) is 1. The van der Waals surface area contributed by atoms with Crippen molar-refractivity contribution < 1.29 is 33.8 Å². The summed E-state index contributed by atoms with van der Waals surface area (Å²) in [6.07, 6.45) is 0.944. The summed E-state index contributed by atoms with van der Waals surface area (Å²) in [6, 6.07) is 6.91. The Morgan fingerprint density at radius 1 is 1.24 bits per heavy atom. The van der Waals surface area contributed by atoms with Crippen LogP contribution in [0.3, 0.4) is 0 Å². The van der Waals surface area contributed by atoms with E-state index in [1.807, 2.05) is 18.2 Å². The van der Waals surface area contributed by atoms with E-state index in [9.17, 15) is 29.1 Å². The van der Waals surface area contributed by atoms with Gasteiger partial charge in [-0.1, -0.05) is 30.3 Å². The molecule has 4 amide bonds. The van der Waals surface area contributed by atoms with Crippen molar-refractivity contribution in [2.24, 2.45) is 10.7 Å². The maximum Gasteiger partial charge on any atom is 0.414 e. The van der Waals surface area contributed by atoms with Crippen molar-refractivity contribution in [3.63, 3.8) is 0 Å². The molecule has 13 nitrogen and oxygen atoms in total. The molecule has 3 rings (SSSR count). The van der Waals surface area contributed by atoms with Crippen LogP contribution < -0.4 is 21.7 Å². The molecule has 3 unspecified atom stereocenters. The van der Waals surface area contributed by atoms with Gasteiger partial charge in [0.25, 0.3) is 0 Å². The number of hydrogen-bond donors (Lipinski definition) is 5. The van der Waals surface area contributed by atoms with Crippen molar-refractivity contribution >= 4 is 35.7 Å². The number of rotatable bonds is 10. The zero-order valence-corrected chi connectivity index (χ0v) is 21.4. The van der Waals surface area contributed by atoms with E-state index in [1.165, 1.54) is 11.8 Å². The van der Waals surface area contributed by atoms with Gasteiger partial charge in [0.2, 0.25) is 17.7 Å². The Morgan fingerprint density at radius 2 is 1.95 bits per heavy atom. The number of nitrogens with one attached hydrogen (secondary N) is 3. The van der Waals surface area contributed by atoms with E-state index < -0.39 is 35.6 Å². The first-order valence-corrected chi connectivity index (χ1v) is 12.4. The fraction of sp³-hybridized carbons (Fsp3) is 0.520. The molecule has 206 valence electrons. The largest absolute Gasteiger partial charge is 0.480 e. The van der Waals surface area contributed by atoms with Crippen molar-refractivity contribution in [1.82, 2.24) is 20.9 Å². The van der Waals surface area contributed by atoms with E-state index >= 15 is 0 Å². The Bertz CT molecular complexity index is 1090. The number of amides is 4. The van der Waals surface area contributed by atoms with Crippen LogP contribution in [-0.4, -0.2) is 76.0 Å². The summed E-state index contributed by atoms with van der Waals surface area (Å²) in [4.78, 5) is 66.5. The number of aliphatic imine (C=N–C) groups is 1. The Kier molecular flexibility index (Phi) is 9.26. The molecule has 0 bridgehead atoms. The van der Waals surface area contributed by atoms with Crippen LogP contribution in [0.4, 0.5) is 4.79 Å². The smallest absolute Gasteiger partial charge is 0.414 e. The summed E-state index contributed by atoms with van der Waals surface area (Å²) in [5, 5.41) is 17.1. The average molecular weight is 531 g/mol. The summed E-state index contributed by atoms with van der Waals surface area (Å²) in [7, 11) is 0. The van der Waals surface area contributed by atoms with Gasteiger partial charge in [-0.2, -0.15) is 0 Å². The second kappa shape index (κ2) is 12.4. The van der Waals surface area contributed by atoms with E-state index in [-0.39, 0.29) is 49.8 Å². The zero-order chi connectivity index (χ0) is 27.9. The van der Waals surface area contributed by atoms with Gasteiger partial charge in [0.05, 0.1) is 0 Å². The van der Waals surface area contributed by atoms with Crippen LogP contribution in [0, 0.1) is 0 Å². The molecular formula is C25H34N6O7. The molecule has 1 aromatic rings. The van der Waals surface area contributed by atoms with Crippen molar-refractivity contribution in [3.8, 4) is 0 Å². The van der Waals surface area contributed by atoms with Crippen molar-refractivity contribution in [2.45, 2.75) is 76.2 Å². The molecule has 0 radical (unpaired) electrons.